The quantitative estimate of drug-likeness (QED) is 0.847. The molecule has 1 unspecified atom stereocenters. The molecule has 2 aromatic heterocycles. The molecular formula is C11H15ClN4O2. The smallest absolute Gasteiger partial charge is 0.332 e. The predicted molar refractivity (Wildman–Crippen MR) is 70.1 cm³/mol. The van der Waals surface area contributed by atoms with Gasteiger partial charge in [-0.25, -0.2) is 9.78 Å². The SMILES string of the molecule is CCCC(Cl)c1nc2c([nH]1)c(=O)n(C)c(=O)n2C. The lowest BCUT2D eigenvalue weighted by molar-refractivity contribution is 0.707. The summed E-state index contributed by atoms with van der Waals surface area (Å²) in [4.78, 5) is 30.9. The topological polar surface area (TPSA) is 72.7 Å². The summed E-state index contributed by atoms with van der Waals surface area (Å²) in [7, 11) is 3.02. The molecule has 18 heavy (non-hydrogen) atoms. The predicted octanol–water partition coefficient (Wildman–Crippen LogP) is 1.04. The van der Waals surface area contributed by atoms with Gasteiger partial charge in [0.1, 0.15) is 11.3 Å². The van der Waals surface area contributed by atoms with E-state index in [-0.39, 0.29) is 10.9 Å². The highest BCUT2D eigenvalue weighted by molar-refractivity contribution is 6.20. The Balaban J connectivity index is 2.72. The lowest BCUT2D eigenvalue weighted by Gasteiger charge is -2.02. The second kappa shape index (κ2) is 4.61. The van der Waals surface area contributed by atoms with Gasteiger partial charge in [0.05, 0.1) is 5.38 Å². The Labute approximate surface area is 108 Å². The molecular weight excluding hydrogens is 256 g/mol. The number of H-pyrrole nitrogens is 1. The number of imidazole rings is 1. The molecule has 2 rings (SSSR count). The second-order valence-corrected chi connectivity index (χ2v) is 4.81. The van der Waals surface area contributed by atoms with Crippen molar-refractivity contribution in [2.45, 2.75) is 25.1 Å². The first kappa shape index (κ1) is 12.9. The van der Waals surface area contributed by atoms with Crippen LogP contribution in [0.1, 0.15) is 31.0 Å². The number of hydrogen-bond donors (Lipinski definition) is 1. The van der Waals surface area contributed by atoms with Gasteiger partial charge in [-0.15, -0.1) is 11.6 Å². The molecule has 0 saturated heterocycles. The summed E-state index contributed by atoms with van der Waals surface area (Å²) in [6.45, 7) is 2.02. The summed E-state index contributed by atoms with van der Waals surface area (Å²) < 4.78 is 2.39. The van der Waals surface area contributed by atoms with E-state index in [1.54, 1.807) is 7.05 Å². The zero-order valence-electron chi connectivity index (χ0n) is 10.5. The second-order valence-electron chi connectivity index (χ2n) is 4.28. The lowest BCUT2D eigenvalue weighted by atomic mass is 10.2. The van der Waals surface area contributed by atoms with Crippen molar-refractivity contribution in [1.29, 1.82) is 0 Å². The summed E-state index contributed by atoms with van der Waals surface area (Å²) in [5.74, 6) is 0.534. The normalized spacial score (nSPS) is 13.1. The minimum Gasteiger partial charge on any atom is -0.335 e. The highest BCUT2D eigenvalue weighted by atomic mass is 35.5. The molecule has 7 heteroatoms. The van der Waals surface area contributed by atoms with Crippen molar-refractivity contribution < 1.29 is 0 Å². The zero-order valence-corrected chi connectivity index (χ0v) is 11.3. The van der Waals surface area contributed by atoms with Gasteiger partial charge in [0.25, 0.3) is 5.56 Å². The Morgan fingerprint density at radius 3 is 2.61 bits per heavy atom. The lowest BCUT2D eigenvalue weighted by Crippen LogP contribution is -2.36. The molecule has 0 bridgehead atoms. The molecule has 0 aliphatic carbocycles. The van der Waals surface area contributed by atoms with E-state index in [1.165, 1.54) is 11.6 Å². The number of halogens is 1. The fraction of sp³-hybridized carbons (Fsp3) is 0.545. The van der Waals surface area contributed by atoms with Crippen LogP contribution >= 0.6 is 11.6 Å². The first-order valence-electron chi connectivity index (χ1n) is 5.77. The van der Waals surface area contributed by atoms with Gasteiger partial charge in [0, 0.05) is 14.1 Å². The molecule has 0 fully saturated rings. The van der Waals surface area contributed by atoms with Gasteiger partial charge in [0.2, 0.25) is 0 Å². The molecule has 1 atom stereocenters. The van der Waals surface area contributed by atoms with Crippen molar-refractivity contribution in [3.63, 3.8) is 0 Å². The number of fused-ring (bicyclic) bond motifs is 1. The van der Waals surface area contributed by atoms with Crippen molar-refractivity contribution in [3.05, 3.63) is 26.7 Å². The van der Waals surface area contributed by atoms with Crippen LogP contribution in [0.5, 0.6) is 0 Å². The van der Waals surface area contributed by atoms with Crippen LogP contribution < -0.4 is 11.2 Å². The number of alkyl halides is 1. The van der Waals surface area contributed by atoms with E-state index < -0.39 is 5.69 Å². The van der Waals surface area contributed by atoms with E-state index in [1.807, 2.05) is 6.92 Å². The summed E-state index contributed by atoms with van der Waals surface area (Å²) in [6.07, 6.45) is 1.68. The van der Waals surface area contributed by atoms with Crippen molar-refractivity contribution in [2.24, 2.45) is 14.1 Å². The molecule has 6 nitrogen and oxygen atoms in total. The molecule has 0 radical (unpaired) electrons. The van der Waals surface area contributed by atoms with Gasteiger partial charge >= 0.3 is 5.69 Å². The Morgan fingerprint density at radius 1 is 1.33 bits per heavy atom. The zero-order chi connectivity index (χ0) is 13.4. The summed E-state index contributed by atoms with van der Waals surface area (Å²) in [5, 5.41) is -0.276. The molecule has 2 heterocycles. The van der Waals surface area contributed by atoms with Crippen LogP contribution in [0.2, 0.25) is 0 Å². The highest BCUT2D eigenvalue weighted by Gasteiger charge is 2.17. The standard InChI is InChI=1S/C11H15ClN4O2/c1-4-5-6(12)8-13-7-9(14-8)15(2)11(18)16(3)10(7)17/h6H,4-5H2,1-3H3,(H,13,14). The molecule has 0 aliphatic heterocycles. The molecule has 0 spiro atoms. The van der Waals surface area contributed by atoms with Crippen LogP contribution in [0.4, 0.5) is 0 Å². The molecule has 1 N–H and O–H groups in total. The molecule has 0 aliphatic rings. The molecule has 2 aromatic rings. The van der Waals surface area contributed by atoms with Crippen LogP contribution in [0.15, 0.2) is 9.59 Å². The first-order valence-corrected chi connectivity index (χ1v) is 6.20. The monoisotopic (exact) mass is 270 g/mol. The first-order chi connectivity index (χ1) is 8.47. The van der Waals surface area contributed by atoms with Crippen LogP contribution in [-0.2, 0) is 14.1 Å². The van der Waals surface area contributed by atoms with Crippen molar-refractivity contribution >= 4 is 22.8 Å². The summed E-state index contributed by atoms with van der Waals surface area (Å²) >= 11 is 6.17. The van der Waals surface area contributed by atoms with E-state index >= 15 is 0 Å². The number of rotatable bonds is 3. The van der Waals surface area contributed by atoms with Crippen LogP contribution in [0, 0.1) is 0 Å². The molecule has 0 aromatic carbocycles. The number of aromatic nitrogens is 4. The van der Waals surface area contributed by atoms with Crippen molar-refractivity contribution in [1.82, 2.24) is 19.1 Å². The number of aromatic amines is 1. The Bertz CT molecular complexity index is 697. The number of nitrogens with zero attached hydrogens (tertiary/aromatic N) is 3. The van der Waals surface area contributed by atoms with Crippen LogP contribution in [-0.4, -0.2) is 19.1 Å². The van der Waals surface area contributed by atoms with Gasteiger partial charge in [-0.05, 0) is 6.42 Å². The van der Waals surface area contributed by atoms with Gasteiger partial charge in [-0.3, -0.25) is 13.9 Å². The highest BCUT2D eigenvalue weighted by Crippen LogP contribution is 2.23. The Morgan fingerprint density at radius 2 is 2.00 bits per heavy atom. The fourth-order valence-electron chi connectivity index (χ4n) is 1.88. The molecule has 0 amide bonds. The van der Waals surface area contributed by atoms with Crippen molar-refractivity contribution in [2.75, 3.05) is 0 Å². The number of nitrogens with one attached hydrogen (secondary N) is 1. The molecule has 98 valence electrons. The van der Waals surface area contributed by atoms with Gasteiger partial charge in [-0.1, -0.05) is 13.3 Å². The average molecular weight is 271 g/mol. The van der Waals surface area contributed by atoms with E-state index in [0.29, 0.717) is 17.0 Å². The third-order valence-electron chi connectivity index (χ3n) is 2.95. The van der Waals surface area contributed by atoms with Crippen LogP contribution in [0.25, 0.3) is 11.2 Å². The summed E-state index contributed by atoms with van der Waals surface area (Å²) in [5.41, 5.74) is -0.115. The number of hydrogen-bond acceptors (Lipinski definition) is 3. The van der Waals surface area contributed by atoms with Crippen molar-refractivity contribution in [3.8, 4) is 0 Å². The van der Waals surface area contributed by atoms with Gasteiger partial charge < -0.3 is 4.98 Å². The third-order valence-corrected chi connectivity index (χ3v) is 3.38. The molecule has 0 saturated carbocycles. The third kappa shape index (κ3) is 1.86. The maximum Gasteiger partial charge on any atom is 0.332 e. The summed E-state index contributed by atoms with van der Waals surface area (Å²) in [6, 6.07) is 0. The van der Waals surface area contributed by atoms with Gasteiger partial charge in [-0.2, -0.15) is 0 Å². The Kier molecular flexibility index (Phi) is 3.30. The maximum atomic E-state index is 11.9. The van der Waals surface area contributed by atoms with E-state index in [0.717, 1.165) is 17.4 Å². The van der Waals surface area contributed by atoms with E-state index in [2.05, 4.69) is 9.97 Å². The van der Waals surface area contributed by atoms with Crippen LogP contribution in [0.3, 0.4) is 0 Å². The Hall–Kier alpha value is -1.56. The minimum atomic E-state index is -0.396. The maximum absolute atomic E-state index is 11.9. The fourth-order valence-corrected chi connectivity index (χ4v) is 2.20. The minimum absolute atomic E-state index is 0.276. The average Bonchev–Trinajstić information content (AvgIpc) is 2.79. The number of aryl methyl sites for hydroxylation is 1. The largest absolute Gasteiger partial charge is 0.335 e. The van der Waals surface area contributed by atoms with E-state index in [9.17, 15) is 9.59 Å². The van der Waals surface area contributed by atoms with Gasteiger partial charge in [0.15, 0.2) is 5.65 Å². The van der Waals surface area contributed by atoms with E-state index in [4.69, 9.17) is 11.6 Å².